The number of nitrogens with one attached hydrogen (secondary N) is 2. The Balaban J connectivity index is 1.83. The van der Waals surface area contributed by atoms with Crippen LogP contribution < -0.4 is 5.32 Å². The molecule has 1 aromatic carbocycles. The van der Waals surface area contributed by atoms with Gasteiger partial charge in [-0.05, 0) is 31.2 Å². The first kappa shape index (κ1) is 12.0. The molecule has 0 bridgehead atoms. The van der Waals surface area contributed by atoms with Gasteiger partial charge in [0.25, 0.3) is 5.69 Å². The summed E-state index contributed by atoms with van der Waals surface area (Å²) in [4.78, 5) is 17.8. The third-order valence-electron chi connectivity index (χ3n) is 3.71. The van der Waals surface area contributed by atoms with Crippen molar-refractivity contribution in [3.05, 3.63) is 28.3 Å². The number of nitrogens with zero attached hydrogens (tertiary/aromatic N) is 2. The van der Waals surface area contributed by atoms with Crippen LogP contribution in [0.15, 0.2) is 18.2 Å². The topological polar surface area (TPSA) is 83.8 Å². The second-order valence-electron chi connectivity index (χ2n) is 5.30. The van der Waals surface area contributed by atoms with Crippen LogP contribution in [0.5, 0.6) is 0 Å². The Hall–Kier alpha value is -2.11. The van der Waals surface area contributed by atoms with E-state index in [9.17, 15) is 10.1 Å². The predicted molar refractivity (Wildman–Crippen MR) is 73.2 cm³/mol. The monoisotopic (exact) mass is 260 g/mol. The Kier molecular flexibility index (Phi) is 2.85. The minimum atomic E-state index is -0.397. The maximum atomic E-state index is 10.7. The molecule has 19 heavy (non-hydrogen) atoms. The van der Waals surface area contributed by atoms with E-state index in [1.54, 1.807) is 6.07 Å². The van der Waals surface area contributed by atoms with E-state index in [1.165, 1.54) is 18.6 Å². The summed E-state index contributed by atoms with van der Waals surface area (Å²) in [6.07, 6.45) is 3.54. The van der Waals surface area contributed by atoms with Gasteiger partial charge in [0.05, 0.1) is 16.0 Å². The Morgan fingerprint density at radius 2 is 2.32 bits per heavy atom. The highest BCUT2D eigenvalue weighted by molar-refractivity contribution is 5.79. The fourth-order valence-electron chi connectivity index (χ4n) is 2.71. The van der Waals surface area contributed by atoms with Crippen molar-refractivity contribution in [2.45, 2.75) is 32.2 Å². The Morgan fingerprint density at radius 1 is 1.47 bits per heavy atom. The SMILES string of the molecule is CC1CCC(Nc2nc3ccc([N+](=O)[O-])cc3[nH]2)C1. The summed E-state index contributed by atoms with van der Waals surface area (Å²) < 4.78 is 0. The second kappa shape index (κ2) is 4.53. The van der Waals surface area contributed by atoms with Gasteiger partial charge in [-0.1, -0.05) is 6.92 Å². The summed E-state index contributed by atoms with van der Waals surface area (Å²) >= 11 is 0. The molecule has 1 fully saturated rings. The summed E-state index contributed by atoms with van der Waals surface area (Å²) in [6.45, 7) is 2.25. The molecule has 2 N–H and O–H groups in total. The molecule has 2 aromatic rings. The fourth-order valence-corrected chi connectivity index (χ4v) is 2.71. The van der Waals surface area contributed by atoms with Crippen LogP contribution in [-0.4, -0.2) is 20.9 Å². The molecule has 0 spiro atoms. The van der Waals surface area contributed by atoms with Crippen LogP contribution >= 0.6 is 0 Å². The molecule has 0 amide bonds. The van der Waals surface area contributed by atoms with Crippen molar-refractivity contribution in [2.24, 2.45) is 5.92 Å². The molecule has 1 heterocycles. The van der Waals surface area contributed by atoms with Crippen LogP contribution in [0, 0.1) is 16.0 Å². The number of nitro groups is 1. The molecule has 1 saturated carbocycles. The van der Waals surface area contributed by atoms with Gasteiger partial charge in [-0.15, -0.1) is 0 Å². The molecule has 3 rings (SSSR count). The van der Waals surface area contributed by atoms with Crippen LogP contribution in [0.2, 0.25) is 0 Å². The zero-order valence-electron chi connectivity index (χ0n) is 10.7. The number of nitro benzene ring substituents is 1. The van der Waals surface area contributed by atoms with Crippen LogP contribution in [-0.2, 0) is 0 Å². The number of fused-ring (bicyclic) bond motifs is 1. The van der Waals surface area contributed by atoms with Gasteiger partial charge in [-0.25, -0.2) is 4.98 Å². The molecular formula is C13H16N4O2. The van der Waals surface area contributed by atoms with Gasteiger partial charge >= 0.3 is 0 Å². The lowest BCUT2D eigenvalue weighted by Crippen LogP contribution is -2.16. The quantitative estimate of drug-likeness (QED) is 0.656. The van der Waals surface area contributed by atoms with E-state index in [2.05, 4.69) is 22.2 Å². The largest absolute Gasteiger partial charge is 0.353 e. The highest BCUT2D eigenvalue weighted by Gasteiger charge is 2.22. The van der Waals surface area contributed by atoms with E-state index < -0.39 is 4.92 Å². The van der Waals surface area contributed by atoms with Gasteiger partial charge in [0.2, 0.25) is 5.95 Å². The standard InChI is InChI=1S/C13H16N4O2/c1-8-2-3-9(6-8)14-13-15-11-5-4-10(17(18)19)7-12(11)16-13/h4-5,7-9H,2-3,6H2,1H3,(H2,14,15,16). The van der Waals surface area contributed by atoms with Crippen molar-refractivity contribution in [3.8, 4) is 0 Å². The number of non-ortho nitro benzene ring substituents is 1. The number of hydrogen-bond donors (Lipinski definition) is 2. The highest BCUT2D eigenvalue weighted by Crippen LogP contribution is 2.27. The van der Waals surface area contributed by atoms with E-state index >= 15 is 0 Å². The molecule has 0 aliphatic heterocycles. The van der Waals surface area contributed by atoms with E-state index in [0.29, 0.717) is 17.5 Å². The van der Waals surface area contributed by atoms with Crippen molar-refractivity contribution in [2.75, 3.05) is 5.32 Å². The first-order chi connectivity index (χ1) is 9.11. The van der Waals surface area contributed by atoms with Crippen molar-refractivity contribution in [3.63, 3.8) is 0 Å². The number of H-pyrrole nitrogens is 1. The number of rotatable bonds is 3. The fraction of sp³-hybridized carbons (Fsp3) is 0.462. The van der Waals surface area contributed by atoms with Crippen LogP contribution in [0.1, 0.15) is 26.2 Å². The molecule has 2 unspecified atom stereocenters. The van der Waals surface area contributed by atoms with E-state index in [4.69, 9.17) is 0 Å². The normalized spacial score (nSPS) is 22.8. The van der Waals surface area contributed by atoms with Gasteiger partial charge < -0.3 is 10.3 Å². The molecule has 6 heteroatoms. The lowest BCUT2D eigenvalue weighted by molar-refractivity contribution is -0.384. The number of benzene rings is 1. The predicted octanol–water partition coefficient (Wildman–Crippen LogP) is 3.07. The molecule has 1 aliphatic carbocycles. The van der Waals surface area contributed by atoms with Crippen molar-refractivity contribution < 1.29 is 4.92 Å². The Morgan fingerprint density at radius 3 is 3.00 bits per heavy atom. The average molecular weight is 260 g/mol. The number of aromatic amines is 1. The minimum absolute atomic E-state index is 0.0807. The van der Waals surface area contributed by atoms with Crippen LogP contribution in [0.3, 0.4) is 0 Å². The molecule has 2 atom stereocenters. The van der Waals surface area contributed by atoms with Crippen molar-refractivity contribution >= 4 is 22.7 Å². The first-order valence-electron chi connectivity index (χ1n) is 6.52. The lowest BCUT2D eigenvalue weighted by Gasteiger charge is -2.10. The summed E-state index contributed by atoms with van der Waals surface area (Å²) in [5.41, 5.74) is 1.53. The smallest absolute Gasteiger partial charge is 0.271 e. The number of anilines is 1. The van der Waals surface area contributed by atoms with Crippen molar-refractivity contribution in [1.82, 2.24) is 9.97 Å². The molecule has 0 saturated heterocycles. The van der Waals surface area contributed by atoms with E-state index in [1.807, 2.05) is 0 Å². The minimum Gasteiger partial charge on any atom is -0.353 e. The number of imidazole rings is 1. The zero-order valence-corrected chi connectivity index (χ0v) is 10.7. The van der Waals surface area contributed by atoms with Gasteiger partial charge in [0.1, 0.15) is 0 Å². The van der Waals surface area contributed by atoms with Crippen LogP contribution in [0.4, 0.5) is 11.6 Å². The summed E-state index contributed by atoms with van der Waals surface area (Å²) in [6, 6.07) is 5.12. The molecule has 0 radical (unpaired) electrons. The van der Waals surface area contributed by atoms with Crippen LogP contribution in [0.25, 0.3) is 11.0 Å². The number of aromatic nitrogens is 2. The van der Waals surface area contributed by atoms with Gasteiger partial charge in [0, 0.05) is 18.2 Å². The zero-order chi connectivity index (χ0) is 13.4. The number of hydrogen-bond acceptors (Lipinski definition) is 4. The maximum absolute atomic E-state index is 10.7. The van der Waals surface area contributed by atoms with Gasteiger partial charge in [-0.2, -0.15) is 0 Å². The summed E-state index contributed by atoms with van der Waals surface area (Å²) in [5, 5.41) is 14.1. The average Bonchev–Trinajstić information content (AvgIpc) is 2.94. The Labute approximate surface area is 110 Å². The van der Waals surface area contributed by atoms with Crippen molar-refractivity contribution in [1.29, 1.82) is 0 Å². The highest BCUT2D eigenvalue weighted by atomic mass is 16.6. The maximum Gasteiger partial charge on any atom is 0.271 e. The van der Waals surface area contributed by atoms with Gasteiger partial charge in [-0.3, -0.25) is 10.1 Å². The molecule has 100 valence electrons. The molecular weight excluding hydrogens is 244 g/mol. The molecule has 1 aromatic heterocycles. The lowest BCUT2D eigenvalue weighted by atomic mass is 10.1. The summed E-state index contributed by atoms with van der Waals surface area (Å²) in [7, 11) is 0. The van der Waals surface area contributed by atoms with E-state index in [0.717, 1.165) is 24.3 Å². The Bertz CT molecular complexity index is 622. The second-order valence-corrected chi connectivity index (χ2v) is 5.30. The third kappa shape index (κ3) is 2.38. The molecule has 6 nitrogen and oxygen atoms in total. The molecule has 1 aliphatic rings. The first-order valence-corrected chi connectivity index (χ1v) is 6.52. The van der Waals surface area contributed by atoms with Gasteiger partial charge in [0.15, 0.2) is 0 Å². The third-order valence-corrected chi connectivity index (χ3v) is 3.71. The summed E-state index contributed by atoms with van der Waals surface area (Å²) in [5.74, 6) is 1.46. The van der Waals surface area contributed by atoms with E-state index in [-0.39, 0.29) is 5.69 Å².